The molecule has 2 aromatic carbocycles. The summed E-state index contributed by atoms with van der Waals surface area (Å²) in [5.74, 6) is 3.33. The van der Waals surface area contributed by atoms with Gasteiger partial charge in [0, 0.05) is 13.1 Å². The molecule has 0 atom stereocenters. The highest BCUT2D eigenvalue weighted by Gasteiger charge is 2.18. The number of hydrogen-bond donors (Lipinski definition) is 0. The van der Waals surface area contributed by atoms with Gasteiger partial charge in [-0.1, -0.05) is 36.4 Å². The number of rotatable bonds is 4. The maximum absolute atomic E-state index is 12.5. The molecule has 0 saturated heterocycles. The van der Waals surface area contributed by atoms with Gasteiger partial charge in [-0.25, -0.2) is 12.7 Å². The summed E-state index contributed by atoms with van der Waals surface area (Å²) in [4.78, 5) is 0.204. The van der Waals surface area contributed by atoms with Gasteiger partial charge in [0.05, 0.1) is 16.7 Å². The lowest BCUT2D eigenvalue weighted by Crippen LogP contribution is -2.22. The van der Waals surface area contributed by atoms with Gasteiger partial charge in [-0.2, -0.15) is 0 Å². The molecule has 0 saturated carbocycles. The Hall–Kier alpha value is -2.71. The van der Waals surface area contributed by atoms with Crippen LogP contribution in [0.15, 0.2) is 66.3 Å². The van der Waals surface area contributed by atoms with Gasteiger partial charge in [-0.15, -0.1) is 0 Å². The average molecular weight is 327 g/mol. The summed E-state index contributed by atoms with van der Waals surface area (Å²) in [7, 11) is -2.24. The van der Waals surface area contributed by atoms with Crippen molar-refractivity contribution in [2.24, 2.45) is 0 Å². The first-order chi connectivity index (χ1) is 10.9. The van der Waals surface area contributed by atoms with Gasteiger partial charge >= 0.3 is 0 Å². The van der Waals surface area contributed by atoms with Crippen LogP contribution in [0, 0.1) is 18.9 Å². The molecule has 2 aromatic rings. The summed E-state index contributed by atoms with van der Waals surface area (Å²) in [5.41, 5.74) is 1.58. The van der Waals surface area contributed by atoms with Gasteiger partial charge < -0.3 is 4.74 Å². The molecule has 4 nitrogen and oxygen atoms in total. The molecule has 0 amide bonds. The van der Waals surface area contributed by atoms with E-state index < -0.39 is 10.0 Å². The van der Waals surface area contributed by atoms with Crippen molar-refractivity contribution in [1.82, 2.24) is 4.31 Å². The van der Waals surface area contributed by atoms with E-state index in [4.69, 9.17) is 4.74 Å². The van der Waals surface area contributed by atoms with Crippen LogP contribution >= 0.6 is 0 Å². The Balaban J connectivity index is 2.31. The molecule has 2 rings (SSSR count). The number of ether oxygens (including phenoxy) is 1. The van der Waals surface area contributed by atoms with E-state index in [0.717, 1.165) is 9.87 Å². The second-order valence-electron chi connectivity index (χ2n) is 4.80. The van der Waals surface area contributed by atoms with E-state index in [1.807, 2.05) is 6.92 Å². The van der Waals surface area contributed by atoms with Gasteiger partial charge in [-0.3, -0.25) is 0 Å². The number of benzene rings is 2. The number of hydrogen-bond acceptors (Lipinski definition) is 3. The van der Waals surface area contributed by atoms with Crippen LogP contribution in [0.3, 0.4) is 0 Å². The summed E-state index contributed by atoms with van der Waals surface area (Å²) in [6.45, 7) is 5.40. The third kappa shape index (κ3) is 3.93. The van der Waals surface area contributed by atoms with Crippen molar-refractivity contribution in [2.45, 2.75) is 11.8 Å². The highest BCUT2D eigenvalue weighted by Crippen LogP contribution is 2.18. The fraction of sp³-hybridized carbons (Fsp3) is 0.111. The monoisotopic (exact) mass is 327 g/mol. The first kappa shape index (κ1) is 16.7. The fourth-order valence-corrected chi connectivity index (χ4v) is 2.79. The Kier molecular flexibility index (Phi) is 5.09. The molecule has 0 bridgehead atoms. The summed E-state index contributed by atoms with van der Waals surface area (Å²) < 4.78 is 31.2. The van der Waals surface area contributed by atoms with Crippen molar-refractivity contribution < 1.29 is 13.2 Å². The lowest BCUT2D eigenvalue weighted by Gasteiger charge is -2.12. The Labute approximate surface area is 137 Å². The van der Waals surface area contributed by atoms with Crippen LogP contribution in [0.2, 0.25) is 0 Å². The van der Waals surface area contributed by atoms with E-state index in [-0.39, 0.29) is 4.90 Å². The van der Waals surface area contributed by atoms with Crippen molar-refractivity contribution in [1.29, 1.82) is 0 Å². The molecule has 0 spiro atoms. The number of nitrogens with zero attached hydrogens (tertiary/aromatic N) is 1. The van der Waals surface area contributed by atoms with Gasteiger partial charge in [0.25, 0.3) is 10.0 Å². The highest BCUT2D eigenvalue weighted by atomic mass is 32.2. The lowest BCUT2D eigenvalue weighted by atomic mass is 10.2. The Bertz CT molecular complexity index is 859. The van der Waals surface area contributed by atoms with Crippen LogP contribution in [0.5, 0.6) is 5.75 Å². The zero-order chi connectivity index (χ0) is 16.9. The smallest absolute Gasteiger partial charge is 0.270 e. The van der Waals surface area contributed by atoms with E-state index in [1.54, 1.807) is 48.5 Å². The van der Waals surface area contributed by atoms with E-state index in [9.17, 15) is 8.42 Å². The zero-order valence-corrected chi connectivity index (χ0v) is 13.8. The first-order valence-corrected chi connectivity index (χ1v) is 8.33. The van der Waals surface area contributed by atoms with Crippen LogP contribution in [0.1, 0.15) is 11.1 Å². The largest absolute Gasteiger partial charge is 0.464 e. The van der Waals surface area contributed by atoms with Gasteiger partial charge in [0.2, 0.25) is 0 Å². The Morgan fingerprint density at radius 3 is 2.43 bits per heavy atom. The number of sulfonamides is 1. The predicted molar refractivity (Wildman–Crippen MR) is 90.3 cm³/mol. The fourth-order valence-electron chi connectivity index (χ4n) is 1.83. The molecular formula is C18H17NO3S. The standard InChI is InChI=1S/C18H17NO3S/c1-4-22-18-8-6-5-7-16(18)13-14-19(3)23(20,21)17-11-9-15(2)10-12-17/h4-12H,1H2,2-3H3. The van der Waals surface area contributed by atoms with E-state index in [2.05, 4.69) is 18.5 Å². The lowest BCUT2D eigenvalue weighted by molar-refractivity contribution is 0.482. The molecular weight excluding hydrogens is 310 g/mol. The van der Waals surface area contributed by atoms with Crippen LogP contribution in [0.25, 0.3) is 0 Å². The normalized spacial score (nSPS) is 10.3. The molecule has 0 N–H and O–H groups in total. The summed E-state index contributed by atoms with van der Waals surface area (Å²) in [6, 6.07) is 16.4. The van der Waals surface area contributed by atoms with Gasteiger partial charge in [0.1, 0.15) is 5.75 Å². The van der Waals surface area contributed by atoms with Crippen LogP contribution in [0.4, 0.5) is 0 Å². The molecule has 118 valence electrons. The van der Waals surface area contributed by atoms with E-state index in [0.29, 0.717) is 11.3 Å². The van der Waals surface area contributed by atoms with Gasteiger partial charge in [-0.05, 0) is 37.1 Å². The quantitative estimate of drug-likeness (QED) is 0.492. The van der Waals surface area contributed by atoms with Crippen LogP contribution in [-0.4, -0.2) is 19.8 Å². The average Bonchev–Trinajstić information content (AvgIpc) is 2.54. The summed E-state index contributed by atoms with van der Waals surface area (Å²) in [5, 5.41) is 0. The van der Waals surface area contributed by atoms with E-state index >= 15 is 0 Å². The van der Waals surface area contributed by atoms with Gasteiger partial charge in [0.15, 0.2) is 0 Å². The maximum Gasteiger partial charge on any atom is 0.270 e. The van der Waals surface area contributed by atoms with Crippen molar-refractivity contribution in [2.75, 3.05) is 7.05 Å². The first-order valence-electron chi connectivity index (χ1n) is 6.89. The molecule has 23 heavy (non-hydrogen) atoms. The molecule has 0 aliphatic rings. The van der Waals surface area contributed by atoms with Crippen LogP contribution < -0.4 is 4.74 Å². The third-order valence-electron chi connectivity index (χ3n) is 3.12. The SMILES string of the molecule is C=COc1ccccc1C#CN(C)S(=O)(=O)c1ccc(C)cc1. The zero-order valence-electron chi connectivity index (χ0n) is 13.0. The molecule has 0 radical (unpaired) electrons. The minimum absolute atomic E-state index is 0.204. The van der Waals surface area contributed by atoms with E-state index in [1.165, 1.54) is 13.3 Å². The van der Waals surface area contributed by atoms with Crippen molar-refractivity contribution in [3.05, 3.63) is 72.5 Å². The molecule has 0 aliphatic carbocycles. The third-order valence-corrected chi connectivity index (χ3v) is 4.81. The maximum atomic E-state index is 12.5. The van der Waals surface area contributed by atoms with Crippen molar-refractivity contribution >= 4 is 10.0 Å². The minimum Gasteiger partial charge on any atom is -0.464 e. The Morgan fingerprint density at radius 1 is 1.13 bits per heavy atom. The molecule has 0 unspecified atom stereocenters. The van der Waals surface area contributed by atoms with Crippen molar-refractivity contribution in [3.8, 4) is 17.7 Å². The molecule has 0 aromatic heterocycles. The second-order valence-corrected chi connectivity index (χ2v) is 6.77. The topological polar surface area (TPSA) is 46.6 Å². The second kappa shape index (κ2) is 7.03. The Morgan fingerprint density at radius 2 is 1.78 bits per heavy atom. The predicted octanol–water partition coefficient (Wildman–Crippen LogP) is 3.15. The molecule has 0 fully saturated rings. The molecule has 5 heteroatoms. The van der Waals surface area contributed by atoms with Crippen molar-refractivity contribution in [3.63, 3.8) is 0 Å². The number of para-hydroxylation sites is 1. The molecule has 0 heterocycles. The molecule has 0 aliphatic heterocycles. The number of aryl methyl sites for hydroxylation is 1. The summed E-state index contributed by atoms with van der Waals surface area (Å²) >= 11 is 0. The highest BCUT2D eigenvalue weighted by molar-refractivity contribution is 7.89. The van der Waals surface area contributed by atoms with Crippen LogP contribution in [-0.2, 0) is 10.0 Å². The minimum atomic E-state index is -3.65. The summed E-state index contributed by atoms with van der Waals surface area (Å²) in [6.07, 6.45) is 1.30.